The largest absolute Gasteiger partial charge is 0.504 e. The van der Waals surface area contributed by atoms with Crippen LogP contribution in [0.25, 0.3) is 6.08 Å². The first kappa shape index (κ1) is 17.0. The summed E-state index contributed by atoms with van der Waals surface area (Å²) in [5.74, 6) is 2.08. The van der Waals surface area contributed by atoms with Gasteiger partial charge in [-0.25, -0.2) is 0 Å². The van der Waals surface area contributed by atoms with Crippen molar-refractivity contribution in [2.24, 2.45) is 0 Å². The highest BCUT2D eigenvalue weighted by Crippen LogP contribution is 2.39. The minimum absolute atomic E-state index is 0.132. The first-order valence-corrected chi connectivity index (χ1v) is 8.09. The Kier molecular flexibility index (Phi) is 4.74. The monoisotopic (exact) mass is 341 g/mol. The van der Waals surface area contributed by atoms with Gasteiger partial charge in [-0.1, -0.05) is 6.07 Å². The van der Waals surface area contributed by atoms with E-state index in [9.17, 15) is 5.11 Å². The summed E-state index contributed by atoms with van der Waals surface area (Å²) in [7, 11) is 6.88. The molecule has 1 atom stereocenters. The molecule has 0 radical (unpaired) electrons. The van der Waals surface area contributed by atoms with Crippen LogP contribution in [0.1, 0.15) is 22.7 Å². The topological polar surface area (TPSA) is 51.2 Å². The van der Waals surface area contributed by atoms with Gasteiger partial charge in [-0.15, -0.1) is 0 Å². The number of nitrogens with zero attached hydrogens (tertiary/aromatic N) is 1. The molecule has 3 rings (SSSR count). The summed E-state index contributed by atoms with van der Waals surface area (Å²) < 4.78 is 16.0. The Morgan fingerprint density at radius 1 is 0.960 bits per heavy atom. The first-order chi connectivity index (χ1) is 12.1. The average Bonchev–Trinajstić information content (AvgIpc) is 2.63. The second kappa shape index (κ2) is 6.97. The van der Waals surface area contributed by atoms with E-state index >= 15 is 0 Å². The predicted molar refractivity (Wildman–Crippen MR) is 97.4 cm³/mol. The number of rotatable bonds is 5. The number of phenols is 1. The fourth-order valence-corrected chi connectivity index (χ4v) is 3.20. The zero-order valence-corrected chi connectivity index (χ0v) is 14.9. The van der Waals surface area contributed by atoms with Crippen molar-refractivity contribution in [2.45, 2.75) is 12.5 Å². The maximum absolute atomic E-state index is 10.0. The standard InChI is InChI=1S/C20H23NO4/c1-21-8-7-14-11-17(22)19(24-3)12-15(14)16(21)9-13-5-6-18(23-2)20(10-13)25-4/h5-8,10-12,16,22H,9H2,1-4H3. The van der Waals surface area contributed by atoms with Crippen molar-refractivity contribution >= 4 is 6.08 Å². The number of fused-ring (bicyclic) bond motifs is 1. The van der Waals surface area contributed by atoms with E-state index in [1.807, 2.05) is 43.6 Å². The second-order valence-electron chi connectivity index (χ2n) is 6.04. The van der Waals surface area contributed by atoms with Gasteiger partial charge in [0.2, 0.25) is 0 Å². The minimum atomic E-state index is 0.132. The quantitative estimate of drug-likeness (QED) is 0.900. The van der Waals surface area contributed by atoms with Crippen molar-refractivity contribution in [1.82, 2.24) is 4.90 Å². The Bertz CT molecular complexity index is 801. The van der Waals surface area contributed by atoms with Crippen molar-refractivity contribution in [1.29, 1.82) is 0 Å². The number of ether oxygens (including phenoxy) is 3. The summed E-state index contributed by atoms with van der Waals surface area (Å²) in [4.78, 5) is 2.16. The molecule has 0 fully saturated rings. The summed E-state index contributed by atoms with van der Waals surface area (Å²) >= 11 is 0. The zero-order chi connectivity index (χ0) is 18.0. The molecule has 2 aromatic rings. The summed E-state index contributed by atoms with van der Waals surface area (Å²) in [5, 5.41) is 10.0. The Morgan fingerprint density at radius 2 is 1.68 bits per heavy atom. The van der Waals surface area contributed by atoms with Crippen LogP contribution in [0.5, 0.6) is 23.0 Å². The van der Waals surface area contributed by atoms with E-state index in [4.69, 9.17) is 14.2 Å². The van der Waals surface area contributed by atoms with Gasteiger partial charge in [0.15, 0.2) is 23.0 Å². The summed E-state index contributed by atoms with van der Waals surface area (Å²) in [6, 6.07) is 9.76. The van der Waals surface area contributed by atoms with Gasteiger partial charge in [0.1, 0.15) is 0 Å². The summed E-state index contributed by atoms with van der Waals surface area (Å²) in [6.07, 6.45) is 4.82. The lowest BCUT2D eigenvalue weighted by atomic mass is 9.91. The number of phenolic OH excluding ortho intramolecular Hbond substituents is 1. The van der Waals surface area contributed by atoms with Crippen LogP contribution in [0.4, 0.5) is 0 Å². The van der Waals surface area contributed by atoms with E-state index in [1.165, 1.54) is 0 Å². The molecule has 1 aliphatic heterocycles. The van der Waals surface area contributed by atoms with Crippen molar-refractivity contribution in [3.8, 4) is 23.0 Å². The maximum Gasteiger partial charge on any atom is 0.160 e. The molecule has 5 heteroatoms. The van der Waals surface area contributed by atoms with Crippen LogP contribution in [-0.2, 0) is 6.42 Å². The highest BCUT2D eigenvalue weighted by Gasteiger charge is 2.24. The Morgan fingerprint density at radius 3 is 2.36 bits per heavy atom. The van der Waals surface area contributed by atoms with Gasteiger partial charge in [0, 0.05) is 7.05 Å². The molecule has 0 aromatic heterocycles. The molecule has 1 aliphatic rings. The van der Waals surface area contributed by atoms with E-state index in [0.29, 0.717) is 5.75 Å². The third kappa shape index (κ3) is 3.22. The van der Waals surface area contributed by atoms with E-state index in [-0.39, 0.29) is 11.8 Å². The smallest absolute Gasteiger partial charge is 0.160 e. The molecule has 25 heavy (non-hydrogen) atoms. The second-order valence-corrected chi connectivity index (χ2v) is 6.04. The van der Waals surface area contributed by atoms with Gasteiger partial charge in [0.25, 0.3) is 0 Å². The number of hydrogen-bond donors (Lipinski definition) is 1. The normalized spacial score (nSPS) is 15.7. The SMILES string of the molecule is COc1cc2c(cc1O)C=CN(C)C2Cc1ccc(OC)c(OC)c1. The first-order valence-electron chi connectivity index (χ1n) is 8.09. The third-order valence-corrected chi connectivity index (χ3v) is 4.60. The number of methoxy groups -OCH3 is 3. The molecule has 0 saturated carbocycles. The number of benzene rings is 2. The molecule has 0 saturated heterocycles. The molecule has 1 N–H and O–H groups in total. The van der Waals surface area contributed by atoms with Gasteiger partial charge >= 0.3 is 0 Å². The van der Waals surface area contributed by atoms with Gasteiger partial charge in [-0.3, -0.25) is 0 Å². The molecule has 132 valence electrons. The van der Waals surface area contributed by atoms with E-state index in [2.05, 4.69) is 4.90 Å². The molecule has 1 heterocycles. The highest BCUT2D eigenvalue weighted by molar-refractivity contribution is 5.62. The minimum Gasteiger partial charge on any atom is -0.504 e. The van der Waals surface area contributed by atoms with Gasteiger partial charge in [0.05, 0.1) is 27.4 Å². The van der Waals surface area contributed by atoms with Crippen LogP contribution in [0.15, 0.2) is 36.5 Å². The molecule has 0 amide bonds. The molecule has 5 nitrogen and oxygen atoms in total. The van der Waals surface area contributed by atoms with Crippen LogP contribution >= 0.6 is 0 Å². The molecular weight excluding hydrogens is 318 g/mol. The van der Waals surface area contributed by atoms with Crippen molar-refractivity contribution < 1.29 is 19.3 Å². The van der Waals surface area contributed by atoms with Crippen LogP contribution in [0.2, 0.25) is 0 Å². The third-order valence-electron chi connectivity index (χ3n) is 4.60. The van der Waals surface area contributed by atoms with E-state index < -0.39 is 0 Å². The van der Waals surface area contributed by atoms with Crippen molar-refractivity contribution in [2.75, 3.05) is 28.4 Å². The van der Waals surface area contributed by atoms with E-state index in [0.717, 1.165) is 34.6 Å². The fourth-order valence-electron chi connectivity index (χ4n) is 3.20. The fraction of sp³-hybridized carbons (Fsp3) is 0.300. The van der Waals surface area contributed by atoms with Gasteiger partial charge in [-0.05, 0) is 59.7 Å². The van der Waals surface area contributed by atoms with Crippen LogP contribution in [0.3, 0.4) is 0 Å². The maximum atomic E-state index is 10.0. The lowest BCUT2D eigenvalue weighted by Crippen LogP contribution is -2.24. The van der Waals surface area contributed by atoms with Gasteiger partial charge in [-0.2, -0.15) is 0 Å². The average molecular weight is 341 g/mol. The van der Waals surface area contributed by atoms with Crippen LogP contribution in [0, 0.1) is 0 Å². The van der Waals surface area contributed by atoms with Gasteiger partial charge < -0.3 is 24.2 Å². The molecule has 0 spiro atoms. The Balaban J connectivity index is 1.97. The number of aromatic hydroxyl groups is 1. The van der Waals surface area contributed by atoms with Crippen molar-refractivity contribution in [3.05, 3.63) is 53.2 Å². The predicted octanol–water partition coefficient (Wildman–Crippen LogP) is 3.62. The summed E-state index contributed by atoms with van der Waals surface area (Å²) in [5.41, 5.74) is 3.26. The summed E-state index contributed by atoms with van der Waals surface area (Å²) in [6.45, 7) is 0. The zero-order valence-electron chi connectivity index (χ0n) is 14.9. The Hall–Kier alpha value is -2.82. The lowest BCUT2D eigenvalue weighted by Gasteiger charge is -2.32. The van der Waals surface area contributed by atoms with Crippen LogP contribution < -0.4 is 14.2 Å². The molecule has 0 bridgehead atoms. The van der Waals surface area contributed by atoms with Crippen LogP contribution in [-0.4, -0.2) is 38.4 Å². The molecule has 0 aliphatic carbocycles. The number of hydrogen-bond acceptors (Lipinski definition) is 5. The Labute approximate surface area is 148 Å². The molecule has 2 aromatic carbocycles. The van der Waals surface area contributed by atoms with E-state index in [1.54, 1.807) is 27.4 Å². The molecule has 1 unspecified atom stereocenters. The van der Waals surface area contributed by atoms with Crippen molar-refractivity contribution in [3.63, 3.8) is 0 Å². The lowest BCUT2D eigenvalue weighted by molar-refractivity contribution is 0.325. The highest BCUT2D eigenvalue weighted by atomic mass is 16.5. The number of likely N-dealkylation sites (N-methyl/N-ethyl adjacent to an activating group) is 1. The molecular formula is C20H23NO4.